The summed E-state index contributed by atoms with van der Waals surface area (Å²) in [4.78, 5) is 2.28. The Hall–Kier alpha value is -2.47. The summed E-state index contributed by atoms with van der Waals surface area (Å²) in [6, 6.07) is 2.09. The summed E-state index contributed by atoms with van der Waals surface area (Å²) in [6.45, 7) is 9.70. The molecule has 0 aromatic heterocycles. The maximum absolute atomic E-state index is 9.72. The number of hydrogen-bond acceptors (Lipinski definition) is 6. The van der Waals surface area contributed by atoms with E-state index in [-0.39, 0.29) is 18.2 Å². The van der Waals surface area contributed by atoms with Crippen molar-refractivity contribution in [3.8, 4) is 17.2 Å². The van der Waals surface area contributed by atoms with E-state index in [0.29, 0.717) is 17.9 Å². The van der Waals surface area contributed by atoms with Crippen LogP contribution in [0.4, 0.5) is 0 Å². The third-order valence-corrected chi connectivity index (χ3v) is 5.84. The molecule has 0 fully saturated rings. The van der Waals surface area contributed by atoms with Gasteiger partial charge in [0.05, 0.1) is 12.8 Å². The van der Waals surface area contributed by atoms with Gasteiger partial charge in [-0.2, -0.15) is 0 Å². The number of methoxy groups -OCH3 is 1. The Morgan fingerprint density at radius 2 is 2.13 bits per heavy atom. The van der Waals surface area contributed by atoms with Gasteiger partial charge in [0.2, 0.25) is 12.5 Å². The van der Waals surface area contributed by atoms with Crippen LogP contribution in [0.1, 0.15) is 57.7 Å². The highest BCUT2D eigenvalue weighted by molar-refractivity contribution is 5.95. The fourth-order valence-corrected chi connectivity index (χ4v) is 3.98. The van der Waals surface area contributed by atoms with Crippen LogP contribution < -0.4 is 14.2 Å². The molecular formula is C24H34N2O4. The highest BCUT2D eigenvalue weighted by Gasteiger charge is 2.34. The average molecular weight is 415 g/mol. The molecule has 1 aromatic rings. The molecular weight excluding hydrogens is 380 g/mol. The second-order valence-corrected chi connectivity index (χ2v) is 9.07. The van der Waals surface area contributed by atoms with Crippen LogP contribution in [0.5, 0.6) is 17.2 Å². The predicted octanol–water partition coefficient (Wildman–Crippen LogP) is 5.11. The van der Waals surface area contributed by atoms with Crippen molar-refractivity contribution >= 4 is 5.71 Å². The Morgan fingerprint density at radius 1 is 1.37 bits per heavy atom. The second-order valence-electron chi connectivity index (χ2n) is 9.07. The van der Waals surface area contributed by atoms with Crippen LogP contribution >= 0.6 is 0 Å². The summed E-state index contributed by atoms with van der Waals surface area (Å²) in [5.74, 6) is 2.13. The molecule has 0 amide bonds. The van der Waals surface area contributed by atoms with Gasteiger partial charge in [0.15, 0.2) is 11.5 Å². The second kappa shape index (κ2) is 9.13. The van der Waals surface area contributed by atoms with Gasteiger partial charge in [0.25, 0.3) is 0 Å². The SMILES string of the molecule is COc1c2c(cc3c1[C@H](CC(/C=C/C(C)(C)CC=C(C)C)=NO)N(C)CC3)OCO2. The van der Waals surface area contributed by atoms with Gasteiger partial charge in [-0.1, -0.05) is 36.7 Å². The number of oxime groups is 1. The molecule has 0 unspecified atom stereocenters. The van der Waals surface area contributed by atoms with Gasteiger partial charge >= 0.3 is 0 Å². The minimum atomic E-state index is -0.0206. The summed E-state index contributed by atoms with van der Waals surface area (Å²) in [7, 11) is 3.75. The highest BCUT2D eigenvalue weighted by atomic mass is 16.7. The molecule has 0 saturated heterocycles. The molecule has 0 radical (unpaired) electrons. The van der Waals surface area contributed by atoms with Crippen molar-refractivity contribution in [2.45, 2.75) is 53.0 Å². The van der Waals surface area contributed by atoms with Gasteiger partial charge in [0.1, 0.15) is 0 Å². The summed E-state index contributed by atoms with van der Waals surface area (Å²) in [6.07, 6.45) is 8.73. The lowest BCUT2D eigenvalue weighted by molar-refractivity contribution is 0.170. The van der Waals surface area contributed by atoms with Crippen molar-refractivity contribution in [2.75, 3.05) is 27.5 Å². The van der Waals surface area contributed by atoms with Crippen molar-refractivity contribution in [3.05, 3.63) is 41.0 Å². The zero-order valence-corrected chi connectivity index (χ0v) is 19.0. The minimum absolute atomic E-state index is 0.0206. The van der Waals surface area contributed by atoms with Gasteiger partial charge in [-0.05, 0) is 56.9 Å². The van der Waals surface area contributed by atoms with Crippen LogP contribution in [0.15, 0.2) is 35.0 Å². The van der Waals surface area contributed by atoms with Crippen LogP contribution in [0, 0.1) is 5.41 Å². The monoisotopic (exact) mass is 414 g/mol. The van der Waals surface area contributed by atoms with Crippen molar-refractivity contribution in [2.24, 2.45) is 10.6 Å². The number of benzene rings is 1. The maximum atomic E-state index is 9.72. The van der Waals surface area contributed by atoms with E-state index in [1.807, 2.05) is 6.08 Å². The fourth-order valence-electron chi connectivity index (χ4n) is 3.98. The Bertz CT molecular complexity index is 866. The van der Waals surface area contributed by atoms with E-state index < -0.39 is 0 Å². The van der Waals surface area contributed by atoms with Gasteiger partial charge in [0, 0.05) is 24.6 Å². The summed E-state index contributed by atoms with van der Waals surface area (Å²) in [5, 5.41) is 13.3. The summed E-state index contributed by atoms with van der Waals surface area (Å²) < 4.78 is 17.0. The number of nitrogens with zero attached hydrogens (tertiary/aromatic N) is 2. The number of fused-ring (bicyclic) bond motifs is 2. The van der Waals surface area contributed by atoms with E-state index in [1.165, 1.54) is 11.1 Å². The Labute approximate surface area is 179 Å². The standard InChI is InChI=1S/C24H34N2O4/c1-16(2)7-10-24(3,4)11-8-18(25-27)14-19-21-17(9-12-26(19)5)13-20-22(23(21)28-6)30-15-29-20/h7-8,11,13,19,27H,9-10,12,14-15H2,1-6H3/b11-8+,25-18?/t19-/m0/s1. The number of ether oxygens (including phenoxy) is 3. The lowest BCUT2D eigenvalue weighted by atomic mass is 9.86. The molecule has 6 nitrogen and oxygen atoms in total. The average Bonchev–Trinajstić information content (AvgIpc) is 3.17. The Balaban J connectivity index is 1.88. The van der Waals surface area contributed by atoms with E-state index in [9.17, 15) is 5.21 Å². The molecule has 2 aliphatic rings. The van der Waals surface area contributed by atoms with Crippen molar-refractivity contribution in [1.82, 2.24) is 4.90 Å². The van der Waals surface area contributed by atoms with Crippen molar-refractivity contribution in [1.29, 1.82) is 0 Å². The molecule has 0 spiro atoms. The van der Waals surface area contributed by atoms with Gasteiger partial charge in [-0.25, -0.2) is 0 Å². The third kappa shape index (κ3) is 4.81. The Morgan fingerprint density at radius 3 is 2.80 bits per heavy atom. The molecule has 30 heavy (non-hydrogen) atoms. The quantitative estimate of drug-likeness (QED) is 0.291. The van der Waals surface area contributed by atoms with Crippen LogP contribution in [0.3, 0.4) is 0 Å². The number of allylic oxidation sites excluding steroid dienone is 4. The number of rotatable bonds is 7. The first-order chi connectivity index (χ1) is 14.3. The number of likely N-dealkylation sites (N-methyl/N-ethyl adjacent to an activating group) is 1. The smallest absolute Gasteiger partial charge is 0.231 e. The lowest BCUT2D eigenvalue weighted by Crippen LogP contribution is -2.33. The van der Waals surface area contributed by atoms with E-state index >= 15 is 0 Å². The lowest BCUT2D eigenvalue weighted by Gasteiger charge is -2.35. The zero-order chi connectivity index (χ0) is 21.9. The molecule has 1 N–H and O–H groups in total. The van der Waals surface area contributed by atoms with Crippen LogP contribution in [0.25, 0.3) is 0 Å². The molecule has 164 valence electrons. The van der Waals surface area contributed by atoms with Crippen molar-refractivity contribution in [3.63, 3.8) is 0 Å². The molecule has 3 rings (SSSR count). The largest absolute Gasteiger partial charge is 0.492 e. The number of hydrogen-bond donors (Lipinski definition) is 1. The molecule has 0 saturated carbocycles. The first kappa shape index (κ1) is 22.2. The molecule has 2 aliphatic heterocycles. The molecule has 6 heteroatoms. The van der Waals surface area contributed by atoms with Crippen molar-refractivity contribution < 1.29 is 19.4 Å². The van der Waals surface area contributed by atoms with E-state index in [1.54, 1.807) is 7.11 Å². The maximum Gasteiger partial charge on any atom is 0.231 e. The molecule has 0 bridgehead atoms. The first-order valence-electron chi connectivity index (χ1n) is 10.5. The third-order valence-electron chi connectivity index (χ3n) is 5.84. The zero-order valence-electron chi connectivity index (χ0n) is 19.0. The van der Waals surface area contributed by atoms with E-state index in [2.05, 4.69) is 63.0 Å². The minimum Gasteiger partial charge on any atom is -0.492 e. The van der Waals surface area contributed by atoms with Gasteiger partial charge in [-0.3, -0.25) is 4.90 Å². The molecule has 2 heterocycles. The van der Waals surface area contributed by atoms with Crippen LogP contribution in [0.2, 0.25) is 0 Å². The molecule has 1 atom stereocenters. The highest BCUT2D eigenvalue weighted by Crippen LogP contribution is 2.50. The summed E-state index contributed by atoms with van der Waals surface area (Å²) in [5.41, 5.74) is 4.22. The predicted molar refractivity (Wildman–Crippen MR) is 119 cm³/mol. The van der Waals surface area contributed by atoms with Crippen LogP contribution in [-0.2, 0) is 6.42 Å². The topological polar surface area (TPSA) is 63.5 Å². The van der Waals surface area contributed by atoms with Crippen LogP contribution in [-0.4, -0.2) is 43.3 Å². The Kier molecular flexibility index (Phi) is 6.76. The summed E-state index contributed by atoms with van der Waals surface area (Å²) >= 11 is 0. The molecule has 1 aromatic carbocycles. The molecule has 0 aliphatic carbocycles. The first-order valence-corrected chi connectivity index (χ1v) is 10.5. The fraction of sp³-hybridized carbons (Fsp3) is 0.542. The van der Waals surface area contributed by atoms with Gasteiger partial charge < -0.3 is 19.4 Å². The van der Waals surface area contributed by atoms with Gasteiger partial charge in [-0.15, -0.1) is 0 Å². The van der Waals surface area contributed by atoms with E-state index in [4.69, 9.17) is 14.2 Å². The van der Waals surface area contributed by atoms with E-state index in [0.717, 1.165) is 36.4 Å². The normalized spacial score (nSPS) is 19.1.